The molecule has 1 aromatic carbocycles. The Morgan fingerprint density at radius 2 is 2.29 bits per heavy atom. The van der Waals surface area contributed by atoms with Gasteiger partial charge in [-0.15, -0.1) is 0 Å². The molecule has 0 atom stereocenters. The number of anilines is 1. The summed E-state index contributed by atoms with van der Waals surface area (Å²) in [7, 11) is 0. The lowest BCUT2D eigenvalue weighted by Crippen LogP contribution is -2.08. The van der Waals surface area contributed by atoms with Gasteiger partial charge in [0, 0.05) is 24.4 Å². The number of hydrogen-bond donors (Lipinski definition) is 2. The molecule has 0 bridgehead atoms. The molecule has 3 N–H and O–H groups in total. The highest BCUT2D eigenvalue weighted by atomic mass is 16.6. The molecule has 76 valence electrons. The van der Waals surface area contributed by atoms with Gasteiger partial charge in [0.25, 0.3) is 5.69 Å². The molecule has 0 spiro atoms. The SMILES string of the molecule is NCCCNc1cccc([N+](=O)[O-])c1. The van der Waals surface area contributed by atoms with E-state index < -0.39 is 4.92 Å². The summed E-state index contributed by atoms with van der Waals surface area (Å²) in [5, 5.41) is 13.5. The van der Waals surface area contributed by atoms with Crippen molar-refractivity contribution in [3.8, 4) is 0 Å². The molecule has 0 amide bonds. The Bertz CT molecular complexity index is 315. The van der Waals surface area contributed by atoms with E-state index in [-0.39, 0.29) is 5.69 Å². The lowest BCUT2D eigenvalue weighted by atomic mass is 10.3. The fourth-order valence-corrected chi connectivity index (χ4v) is 1.06. The van der Waals surface area contributed by atoms with Crippen molar-refractivity contribution in [3.63, 3.8) is 0 Å². The largest absolute Gasteiger partial charge is 0.385 e. The summed E-state index contributed by atoms with van der Waals surface area (Å²) in [5.74, 6) is 0. The van der Waals surface area contributed by atoms with Crippen LogP contribution in [-0.2, 0) is 0 Å². The van der Waals surface area contributed by atoms with Gasteiger partial charge in [0.1, 0.15) is 0 Å². The van der Waals surface area contributed by atoms with E-state index in [0.717, 1.165) is 18.7 Å². The maximum atomic E-state index is 10.4. The van der Waals surface area contributed by atoms with Crippen LogP contribution in [0.4, 0.5) is 11.4 Å². The molecule has 0 unspecified atom stereocenters. The maximum Gasteiger partial charge on any atom is 0.271 e. The van der Waals surface area contributed by atoms with Crippen LogP contribution in [0.15, 0.2) is 24.3 Å². The van der Waals surface area contributed by atoms with Crippen LogP contribution >= 0.6 is 0 Å². The second kappa shape index (κ2) is 5.18. The molecule has 5 nitrogen and oxygen atoms in total. The molecule has 0 heterocycles. The highest BCUT2D eigenvalue weighted by molar-refractivity contribution is 5.50. The molecule has 14 heavy (non-hydrogen) atoms. The van der Waals surface area contributed by atoms with Crippen molar-refractivity contribution >= 4 is 11.4 Å². The molecular weight excluding hydrogens is 182 g/mol. The quantitative estimate of drug-likeness (QED) is 0.422. The van der Waals surface area contributed by atoms with Gasteiger partial charge in [0.2, 0.25) is 0 Å². The van der Waals surface area contributed by atoms with Crippen molar-refractivity contribution in [2.24, 2.45) is 5.73 Å². The second-order valence-corrected chi connectivity index (χ2v) is 2.88. The topological polar surface area (TPSA) is 81.2 Å². The number of hydrogen-bond acceptors (Lipinski definition) is 4. The second-order valence-electron chi connectivity index (χ2n) is 2.88. The van der Waals surface area contributed by atoms with E-state index >= 15 is 0 Å². The zero-order valence-corrected chi connectivity index (χ0v) is 7.77. The Morgan fingerprint density at radius 3 is 2.93 bits per heavy atom. The molecule has 5 heteroatoms. The average Bonchev–Trinajstić information content (AvgIpc) is 2.19. The first-order valence-corrected chi connectivity index (χ1v) is 4.42. The first-order chi connectivity index (χ1) is 6.74. The average molecular weight is 195 g/mol. The van der Waals surface area contributed by atoms with E-state index in [2.05, 4.69) is 5.32 Å². The molecule has 0 saturated carbocycles. The predicted octanol–water partition coefficient (Wildman–Crippen LogP) is 1.36. The smallest absolute Gasteiger partial charge is 0.271 e. The predicted molar refractivity (Wildman–Crippen MR) is 55.3 cm³/mol. The minimum atomic E-state index is -0.409. The fourth-order valence-electron chi connectivity index (χ4n) is 1.06. The Balaban J connectivity index is 2.59. The van der Waals surface area contributed by atoms with Gasteiger partial charge in [-0.25, -0.2) is 0 Å². The molecular formula is C9H13N3O2. The van der Waals surface area contributed by atoms with Crippen LogP contribution in [0.1, 0.15) is 6.42 Å². The Hall–Kier alpha value is -1.62. The van der Waals surface area contributed by atoms with Crippen LogP contribution in [0.3, 0.4) is 0 Å². The van der Waals surface area contributed by atoms with E-state index in [0.29, 0.717) is 6.54 Å². The summed E-state index contributed by atoms with van der Waals surface area (Å²) in [6, 6.07) is 6.43. The lowest BCUT2D eigenvalue weighted by molar-refractivity contribution is -0.384. The van der Waals surface area contributed by atoms with Crippen molar-refractivity contribution < 1.29 is 4.92 Å². The molecule has 0 radical (unpaired) electrons. The van der Waals surface area contributed by atoms with Crippen LogP contribution in [0.2, 0.25) is 0 Å². The van der Waals surface area contributed by atoms with Gasteiger partial charge in [0.05, 0.1) is 4.92 Å². The summed E-state index contributed by atoms with van der Waals surface area (Å²) < 4.78 is 0. The van der Waals surface area contributed by atoms with Gasteiger partial charge in [-0.1, -0.05) is 6.07 Å². The minimum absolute atomic E-state index is 0.0998. The van der Waals surface area contributed by atoms with Crippen LogP contribution in [-0.4, -0.2) is 18.0 Å². The number of nitro groups is 1. The summed E-state index contributed by atoms with van der Waals surface area (Å²) in [4.78, 5) is 10.0. The van der Waals surface area contributed by atoms with Crippen LogP contribution < -0.4 is 11.1 Å². The van der Waals surface area contributed by atoms with E-state index in [1.54, 1.807) is 12.1 Å². The number of nitrogens with zero attached hydrogens (tertiary/aromatic N) is 1. The fraction of sp³-hybridized carbons (Fsp3) is 0.333. The van der Waals surface area contributed by atoms with Crippen molar-refractivity contribution in [2.75, 3.05) is 18.4 Å². The molecule has 1 aromatic rings. The van der Waals surface area contributed by atoms with E-state index in [1.807, 2.05) is 0 Å². The zero-order valence-electron chi connectivity index (χ0n) is 7.77. The van der Waals surface area contributed by atoms with E-state index in [9.17, 15) is 10.1 Å². The standard InChI is InChI=1S/C9H13N3O2/c10-5-2-6-11-8-3-1-4-9(7-8)12(13)14/h1,3-4,7,11H,2,5-6,10H2. The number of nitrogens with one attached hydrogen (secondary N) is 1. The summed E-state index contributed by atoms with van der Waals surface area (Å²) in [6.07, 6.45) is 0.850. The third-order valence-corrected chi connectivity index (χ3v) is 1.77. The van der Waals surface area contributed by atoms with Crippen molar-refractivity contribution in [3.05, 3.63) is 34.4 Å². The van der Waals surface area contributed by atoms with Crippen LogP contribution in [0.5, 0.6) is 0 Å². The molecule has 0 aliphatic heterocycles. The number of benzene rings is 1. The zero-order chi connectivity index (χ0) is 10.4. The van der Waals surface area contributed by atoms with Crippen molar-refractivity contribution in [1.29, 1.82) is 0 Å². The number of nitro benzene ring substituents is 1. The number of rotatable bonds is 5. The third-order valence-electron chi connectivity index (χ3n) is 1.77. The van der Waals surface area contributed by atoms with Gasteiger partial charge in [-0.2, -0.15) is 0 Å². The molecule has 0 saturated heterocycles. The molecule has 1 rings (SSSR count). The minimum Gasteiger partial charge on any atom is -0.385 e. The Kier molecular flexibility index (Phi) is 3.87. The van der Waals surface area contributed by atoms with Crippen molar-refractivity contribution in [2.45, 2.75) is 6.42 Å². The molecule has 0 aliphatic carbocycles. The lowest BCUT2D eigenvalue weighted by Gasteiger charge is -2.04. The van der Waals surface area contributed by atoms with E-state index in [1.165, 1.54) is 12.1 Å². The summed E-state index contributed by atoms with van der Waals surface area (Å²) in [6.45, 7) is 1.35. The van der Waals surface area contributed by atoms with Gasteiger partial charge in [-0.05, 0) is 19.0 Å². The summed E-state index contributed by atoms with van der Waals surface area (Å²) >= 11 is 0. The maximum absolute atomic E-state index is 10.4. The van der Waals surface area contributed by atoms with Gasteiger partial charge in [0.15, 0.2) is 0 Å². The normalized spacial score (nSPS) is 9.79. The first kappa shape index (κ1) is 10.5. The van der Waals surface area contributed by atoms with E-state index in [4.69, 9.17) is 5.73 Å². The number of nitrogens with two attached hydrogens (primary N) is 1. The highest BCUT2D eigenvalue weighted by Gasteiger charge is 2.04. The van der Waals surface area contributed by atoms with Crippen LogP contribution in [0.25, 0.3) is 0 Å². The Morgan fingerprint density at radius 1 is 1.50 bits per heavy atom. The first-order valence-electron chi connectivity index (χ1n) is 4.42. The van der Waals surface area contributed by atoms with Crippen LogP contribution in [0, 0.1) is 10.1 Å². The highest BCUT2D eigenvalue weighted by Crippen LogP contribution is 2.16. The Labute approximate surface area is 82.1 Å². The van der Waals surface area contributed by atoms with Gasteiger partial charge >= 0.3 is 0 Å². The molecule has 0 aromatic heterocycles. The molecule has 0 aliphatic rings. The van der Waals surface area contributed by atoms with Crippen molar-refractivity contribution in [1.82, 2.24) is 0 Å². The monoisotopic (exact) mass is 195 g/mol. The molecule has 0 fully saturated rings. The van der Waals surface area contributed by atoms with Gasteiger partial charge < -0.3 is 11.1 Å². The summed E-state index contributed by atoms with van der Waals surface area (Å²) in [5.41, 5.74) is 6.18. The van der Waals surface area contributed by atoms with Gasteiger partial charge in [-0.3, -0.25) is 10.1 Å². The third kappa shape index (κ3) is 3.02. The number of non-ortho nitro benzene ring substituents is 1.